The van der Waals surface area contributed by atoms with Crippen LogP contribution in [0.15, 0.2) is 61.1 Å². The summed E-state index contributed by atoms with van der Waals surface area (Å²) in [6.45, 7) is 1.97. The van der Waals surface area contributed by atoms with Gasteiger partial charge in [0.1, 0.15) is 11.6 Å². The van der Waals surface area contributed by atoms with Crippen molar-refractivity contribution in [3.05, 3.63) is 72.6 Å². The van der Waals surface area contributed by atoms with Gasteiger partial charge in [-0.1, -0.05) is 0 Å². The molecule has 0 spiro atoms. The molecule has 4 heterocycles. The third-order valence-corrected chi connectivity index (χ3v) is 6.09. The molecule has 0 aliphatic carbocycles. The van der Waals surface area contributed by atoms with Gasteiger partial charge in [-0.05, 0) is 69.2 Å². The topological polar surface area (TPSA) is 79.1 Å². The van der Waals surface area contributed by atoms with Crippen molar-refractivity contribution in [3.8, 4) is 5.69 Å². The smallest absolute Gasteiger partial charge is 0.148 e. The van der Waals surface area contributed by atoms with Crippen molar-refractivity contribution in [2.24, 2.45) is 5.92 Å². The number of hydrogen-bond donors (Lipinski definition) is 2. The second-order valence-electron chi connectivity index (χ2n) is 8.32. The molecule has 8 heteroatoms. The number of likely N-dealkylation sites (tertiary alicyclic amines) is 1. The van der Waals surface area contributed by atoms with Gasteiger partial charge in [-0.15, -0.1) is 0 Å². The Labute approximate surface area is 185 Å². The molecule has 2 N–H and O–H groups in total. The average molecular weight is 433 g/mol. The summed E-state index contributed by atoms with van der Waals surface area (Å²) in [4.78, 5) is 11.4. The van der Waals surface area contributed by atoms with Crippen molar-refractivity contribution in [2.75, 3.05) is 25.5 Å². The summed E-state index contributed by atoms with van der Waals surface area (Å²) in [6, 6.07) is 12.2. The summed E-state index contributed by atoms with van der Waals surface area (Å²) in [5.41, 5.74) is 2.33. The van der Waals surface area contributed by atoms with Crippen LogP contribution in [0.2, 0.25) is 0 Å². The lowest BCUT2D eigenvalue weighted by Crippen LogP contribution is -2.32. The number of fused-ring (bicyclic) bond motifs is 1. The van der Waals surface area contributed by atoms with Gasteiger partial charge in [0, 0.05) is 36.1 Å². The Hall–Kier alpha value is -3.36. The number of halogens is 1. The highest BCUT2D eigenvalue weighted by Gasteiger charge is 2.26. The molecule has 5 rings (SSSR count). The third-order valence-electron chi connectivity index (χ3n) is 6.09. The quantitative estimate of drug-likeness (QED) is 0.495. The fourth-order valence-corrected chi connectivity index (χ4v) is 4.16. The SMILES string of the molecule is CN1CCC([C@H](O)c2ccc3cnc(Nc4ccc(-n5cccn5)cc4F)cc3n2)CC1. The summed E-state index contributed by atoms with van der Waals surface area (Å²) in [5.74, 6) is 0.291. The van der Waals surface area contributed by atoms with Gasteiger partial charge in [0.2, 0.25) is 0 Å². The zero-order valence-electron chi connectivity index (χ0n) is 17.8. The second kappa shape index (κ2) is 8.64. The van der Waals surface area contributed by atoms with E-state index in [1.54, 1.807) is 47.5 Å². The van der Waals surface area contributed by atoms with Gasteiger partial charge in [0.15, 0.2) is 0 Å². The van der Waals surface area contributed by atoms with Gasteiger partial charge in [-0.3, -0.25) is 0 Å². The maximum atomic E-state index is 14.7. The molecule has 164 valence electrons. The highest BCUT2D eigenvalue weighted by atomic mass is 19.1. The lowest BCUT2D eigenvalue weighted by Gasteiger charge is -2.31. The number of aliphatic hydroxyl groups excluding tert-OH is 1. The average Bonchev–Trinajstić information content (AvgIpc) is 3.35. The van der Waals surface area contributed by atoms with E-state index < -0.39 is 11.9 Å². The molecular formula is C24H25FN6O. The maximum Gasteiger partial charge on any atom is 0.148 e. The molecule has 1 fully saturated rings. The van der Waals surface area contributed by atoms with E-state index in [-0.39, 0.29) is 5.92 Å². The highest BCUT2D eigenvalue weighted by Crippen LogP contribution is 2.31. The van der Waals surface area contributed by atoms with Crippen molar-refractivity contribution in [1.29, 1.82) is 0 Å². The number of nitrogens with one attached hydrogen (secondary N) is 1. The molecule has 0 amide bonds. The fourth-order valence-electron chi connectivity index (χ4n) is 4.16. The second-order valence-corrected chi connectivity index (χ2v) is 8.32. The Bertz CT molecular complexity index is 1220. The van der Waals surface area contributed by atoms with Crippen molar-refractivity contribution >= 4 is 22.4 Å². The highest BCUT2D eigenvalue weighted by molar-refractivity contribution is 5.81. The predicted molar refractivity (Wildman–Crippen MR) is 122 cm³/mol. The summed E-state index contributed by atoms with van der Waals surface area (Å²) >= 11 is 0. The molecule has 1 aliphatic heterocycles. The molecule has 1 aliphatic rings. The van der Waals surface area contributed by atoms with Crippen molar-refractivity contribution in [1.82, 2.24) is 24.6 Å². The van der Waals surface area contributed by atoms with Crippen LogP contribution < -0.4 is 5.32 Å². The van der Waals surface area contributed by atoms with Crippen LogP contribution in [-0.2, 0) is 0 Å². The van der Waals surface area contributed by atoms with Gasteiger partial charge >= 0.3 is 0 Å². The van der Waals surface area contributed by atoms with Crippen molar-refractivity contribution < 1.29 is 9.50 Å². The first-order chi connectivity index (χ1) is 15.6. The number of aromatic nitrogens is 4. The van der Waals surface area contributed by atoms with Crippen LogP contribution in [-0.4, -0.2) is 49.9 Å². The Morgan fingerprint density at radius 1 is 1.16 bits per heavy atom. The fraction of sp³-hybridized carbons (Fsp3) is 0.292. The zero-order chi connectivity index (χ0) is 22.1. The standard InChI is InChI=1S/C24H25FN6O/c1-30-11-7-16(8-12-30)24(32)21-5-3-17-15-26-23(14-22(17)28-21)29-20-6-4-18(13-19(20)25)31-10-2-9-27-31/h2-6,9-10,13-16,24,32H,7-8,11-12H2,1H3,(H,26,29)/t24-/m0/s1. The monoisotopic (exact) mass is 432 g/mol. The summed E-state index contributed by atoms with van der Waals surface area (Å²) in [5, 5.41) is 18.9. The minimum Gasteiger partial charge on any atom is -0.387 e. The Kier molecular flexibility index (Phi) is 5.55. The summed E-state index contributed by atoms with van der Waals surface area (Å²) in [7, 11) is 2.10. The molecule has 1 atom stereocenters. The normalized spacial score (nSPS) is 16.3. The number of rotatable bonds is 5. The van der Waals surface area contributed by atoms with Gasteiger partial charge in [0.25, 0.3) is 0 Å². The number of nitrogens with zero attached hydrogens (tertiary/aromatic N) is 5. The molecule has 0 radical (unpaired) electrons. The van der Waals surface area contributed by atoms with Crippen LogP contribution in [0.1, 0.15) is 24.6 Å². The van der Waals surface area contributed by atoms with Gasteiger partial charge in [0.05, 0.1) is 28.7 Å². The first-order valence-corrected chi connectivity index (χ1v) is 10.8. The third kappa shape index (κ3) is 4.19. The van der Waals surface area contributed by atoms with Crippen LogP contribution in [0, 0.1) is 11.7 Å². The molecule has 1 saturated heterocycles. The maximum absolute atomic E-state index is 14.7. The number of pyridine rings is 2. The van der Waals surface area contributed by atoms with Crippen LogP contribution in [0.5, 0.6) is 0 Å². The first kappa shape index (κ1) is 20.5. The van der Waals surface area contributed by atoms with Crippen LogP contribution >= 0.6 is 0 Å². The van der Waals surface area contributed by atoms with E-state index >= 15 is 0 Å². The summed E-state index contributed by atoms with van der Waals surface area (Å²) < 4.78 is 16.3. The van der Waals surface area contributed by atoms with Crippen LogP contribution in [0.25, 0.3) is 16.6 Å². The largest absolute Gasteiger partial charge is 0.387 e. The van der Waals surface area contributed by atoms with Crippen LogP contribution in [0.3, 0.4) is 0 Å². The molecule has 7 nitrogen and oxygen atoms in total. The number of piperidine rings is 1. The van der Waals surface area contributed by atoms with Crippen molar-refractivity contribution in [2.45, 2.75) is 18.9 Å². The zero-order valence-corrected chi connectivity index (χ0v) is 17.8. The molecule has 4 aromatic rings. The Morgan fingerprint density at radius 3 is 2.75 bits per heavy atom. The molecule has 3 aromatic heterocycles. The van der Waals surface area contributed by atoms with E-state index in [2.05, 4.69) is 27.3 Å². The van der Waals surface area contributed by atoms with Gasteiger partial charge < -0.3 is 15.3 Å². The molecule has 0 bridgehead atoms. The van der Waals surface area contributed by atoms with E-state index in [1.165, 1.54) is 6.07 Å². The lowest BCUT2D eigenvalue weighted by atomic mass is 9.89. The molecule has 0 saturated carbocycles. The molecule has 0 unspecified atom stereocenters. The summed E-state index contributed by atoms with van der Waals surface area (Å²) in [6.07, 6.45) is 6.42. The minimum atomic E-state index is -0.593. The van der Waals surface area contributed by atoms with E-state index in [1.807, 2.05) is 12.1 Å². The van der Waals surface area contributed by atoms with Crippen LogP contribution in [0.4, 0.5) is 15.9 Å². The Morgan fingerprint density at radius 2 is 2.00 bits per heavy atom. The van der Waals surface area contributed by atoms with E-state index in [9.17, 15) is 9.50 Å². The number of anilines is 2. The number of benzene rings is 1. The number of hydrogen-bond acceptors (Lipinski definition) is 6. The molecule has 1 aromatic carbocycles. The van der Waals surface area contributed by atoms with E-state index in [0.29, 0.717) is 28.4 Å². The predicted octanol–water partition coefficient (Wildman–Crippen LogP) is 4.07. The Balaban J connectivity index is 1.37. The van der Waals surface area contributed by atoms with E-state index in [0.717, 1.165) is 31.3 Å². The molecule has 32 heavy (non-hydrogen) atoms. The number of aliphatic hydroxyl groups is 1. The van der Waals surface area contributed by atoms with Crippen molar-refractivity contribution in [3.63, 3.8) is 0 Å². The minimum absolute atomic E-state index is 0.206. The van der Waals surface area contributed by atoms with Gasteiger partial charge in [-0.25, -0.2) is 19.0 Å². The van der Waals surface area contributed by atoms with Gasteiger partial charge in [-0.2, -0.15) is 5.10 Å². The first-order valence-electron chi connectivity index (χ1n) is 10.8. The lowest BCUT2D eigenvalue weighted by molar-refractivity contribution is 0.0629. The van der Waals surface area contributed by atoms with E-state index in [4.69, 9.17) is 4.98 Å². The molecular weight excluding hydrogens is 407 g/mol.